The molecule has 0 amide bonds. The lowest BCUT2D eigenvalue weighted by Crippen LogP contribution is -2.49. The molecule has 34 heavy (non-hydrogen) atoms. The predicted octanol–water partition coefficient (Wildman–Crippen LogP) is 2.97. The molecule has 0 spiro atoms. The van der Waals surface area contributed by atoms with Crippen LogP contribution in [0, 0.1) is 5.92 Å². The molecular formula is C25H26FN5O3. The van der Waals surface area contributed by atoms with Crippen LogP contribution in [0.4, 0.5) is 10.3 Å². The van der Waals surface area contributed by atoms with Crippen molar-refractivity contribution in [2.24, 2.45) is 13.0 Å². The highest BCUT2D eigenvalue weighted by Crippen LogP contribution is 2.27. The van der Waals surface area contributed by atoms with E-state index >= 15 is 0 Å². The van der Waals surface area contributed by atoms with E-state index in [2.05, 4.69) is 9.97 Å². The van der Waals surface area contributed by atoms with Crippen molar-refractivity contribution in [2.75, 3.05) is 24.6 Å². The maximum atomic E-state index is 13.5. The zero-order valence-electron chi connectivity index (χ0n) is 19.1. The van der Waals surface area contributed by atoms with Crippen LogP contribution in [0.15, 0.2) is 59.7 Å². The van der Waals surface area contributed by atoms with Gasteiger partial charge in [0.15, 0.2) is 0 Å². The second-order valence-corrected chi connectivity index (χ2v) is 8.61. The monoisotopic (exact) mass is 463 g/mol. The van der Waals surface area contributed by atoms with Crippen LogP contribution in [0.1, 0.15) is 12.5 Å². The summed E-state index contributed by atoms with van der Waals surface area (Å²) in [5, 5.41) is 9.80. The largest absolute Gasteiger partial charge is 0.460 e. The molecule has 0 radical (unpaired) electrons. The Balaban J connectivity index is 1.48. The summed E-state index contributed by atoms with van der Waals surface area (Å²) in [5.41, 5.74) is 3.14. The van der Waals surface area contributed by atoms with Crippen molar-refractivity contribution in [1.29, 1.82) is 0 Å². The molecule has 1 N–H and O–H groups in total. The van der Waals surface area contributed by atoms with E-state index in [0.29, 0.717) is 23.6 Å². The fourth-order valence-electron chi connectivity index (χ4n) is 4.31. The topological polar surface area (TPSA) is 85.4 Å². The number of aliphatic hydroxyl groups excluding tert-OH is 1. The summed E-state index contributed by atoms with van der Waals surface area (Å²) in [5.74, 6) is 1.37. The first-order valence-electron chi connectivity index (χ1n) is 11.2. The summed E-state index contributed by atoms with van der Waals surface area (Å²) < 4.78 is 22.3. The fourth-order valence-corrected chi connectivity index (χ4v) is 4.31. The average Bonchev–Trinajstić information content (AvgIpc) is 3.04. The number of aromatic nitrogens is 4. The molecule has 3 heterocycles. The van der Waals surface area contributed by atoms with Crippen molar-refractivity contribution < 1.29 is 14.2 Å². The van der Waals surface area contributed by atoms with E-state index < -0.39 is 6.36 Å². The second-order valence-electron chi connectivity index (χ2n) is 8.61. The van der Waals surface area contributed by atoms with E-state index in [1.54, 1.807) is 36.3 Å². The van der Waals surface area contributed by atoms with Gasteiger partial charge >= 0.3 is 0 Å². The molecule has 0 saturated carbocycles. The zero-order chi connectivity index (χ0) is 23.8. The van der Waals surface area contributed by atoms with Gasteiger partial charge in [-0.05, 0) is 23.8 Å². The van der Waals surface area contributed by atoms with E-state index in [4.69, 9.17) is 4.74 Å². The van der Waals surface area contributed by atoms with Crippen molar-refractivity contribution in [2.45, 2.75) is 19.8 Å². The molecule has 2 aromatic heterocycles. The smallest absolute Gasteiger partial charge is 0.274 e. The quantitative estimate of drug-likeness (QED) is 0.454. The number of fused-ring (bicyclic) bond motifs is 1. The van der Waals surface area contributed by atoms with Crippen LogP contribution in [0.2, 0.25) is 0 Å². The summed E-state index contributed by atoms with van der Waals surface area (Å²) in [7, 11) is 1.72. The lowest BCUT2D eigenvalue weighted by Gasteiger charge is -2.38. The lowest BCUT2D eigenvalue weighted by molar-refractivity contribution is 0.0847. The molecule has 0 bridgehead atoms. The van der Waals surface area contributed by atoms with E-state index in [0.717, 1.165) is 35.3 Å². The van der Waals surface area contributed by atoms with Gasteiger partial charge < -0.3 is 14.7 Å². The maximum absolute atomic E-state index is 13.5. The molecular weight excluding hydrogens is 437 g/mol. The Morgan fingerprint density at radius 1 is 1.15 bits per heavy atom. The minimum absolute atomic E-state index is 0.110. The Morgan fingerprint density at radius 2 is 1.88 bits per heavy atom. The van der Waals surface area contributed by atoms with Crippen molar-refractivity contribution in [3.63, 3.8) is 0 Å². The fraction of sp³-hybridized carbons (Fsp3) is 0.320. The van der Waals surface area contributed by atoms with Crippen molar-refractivity contribution in [3.8, 4) is 16.9 Å². The van der Waals surface area contributed by atoms with Crippen LogP contribution in [0.5, 0.6) is 5.75 Å². The van der Waals surface area contributed by atoms with Gasteiger partial charge in [0, 0.05) is 63.1 Å². The Morgan fingerprint density at radius 3 is 2.59 bits per heavy atom. The van der Waals surface area contributed by atoms with Crippen LogP contribution in [-0.4, -0.2) is 50.5 Å². The molecule has 9 heteroatoms. The second kappa shape index (κ2) is 8.90. The molecule has 176 valence electrons. The number of ether oxygens (including phenoxy) is 1. The van der Waals surface area contributed by atoms with E-state index in [9.17, 15) is 14.3 Å². The molecule has 1 atom stereocenters. The molecule has 1 saturated heterocycles. The summed E-state index contributed by atoms with van der Waals surface area (Å²) in [6.07, 6.45) is 2.10. The van der Waals surface area contributed by atoms with Crippen molar-refractivity contribution >= 4 is 16.9 Å². The van der Waals surface area contributed by atoms with Gasteiger partial charge in [-0.3, -0.25) is 14.2 Å². The predicted molar refractivity (Wildman–Crippen MR) is 128 cm³/mol. The highest BCUT2D eigenvalue weighted by atomic mass is 19.1. The molecule has 5 rings (SSSR count). The van der Waals surface area contributed by atoms with Crippen LogP contribution in [-0.2, 0) is 13.6 Å². The van der Waals surface area contributed by atoms with E-state index in [-0.39, 0.29) is 18.1 Å². The number of hydrogen-bond donors (Lipinski definition) is 1. The highest BCUT2D eigenvalue weighted by molar-refractivity contribution is 5.84. The molecule has 2 aromatic carbocycles. The standard InChI is InChI=1S/C25H26FN5O3/c1-16(26)34-23-6-4-3-5-19(23)14-31-22-9-18(7-8-21(22)24(33)29(31)2)20-10-27-25(28-11-20)30-12-17(13-30)15-32/h3-11,16-17,32H,12-15H2,1-2H3. The number of rotatable bonds is 7. The number of anilines is 1. The van der Waals surface area contributed by atoms with Gasteiger partial charge in [0.2, 0.25) is 12.3 Å². The minimum atomic E-state index is -1.44. The number of nitrogens with zero attached hydrogens (tertiary/aromatic N) is 5. The first-order chi connectivity index (χ1) is 16.4. The maximum Gasteiger partial charge on any atom is 0.274 e. The van der Waals surface area contributed by atoms with E-state index in [1.807, 2.05) is 39.9 Å². The molecule has 8 nitrogen and oxygen atoms in total. The Bertz CT molecular complexity index is 1370. The van der Waals surface area contributed by atoms with E-state index in [1.165, 1.54) is 6.92 Å². The molecule has 0 aliphatic carbocycles. The molecule has 1 aliphatic rings. The van der Waals surface area contributed by atoms with Crippen LogP contribution in [0.25, 0.3) is 22.0 Å². The number of alkyl halides is 1. The van der Waals surface area contributed by atoms with Crippen LogP contribution in [0.3, 0.4) is 0 Å². The Hall–Kier alpha value is -3.72. The van der Waals surface area contributed by atoms with Crippen molar-refractivity contribution in [1.82, 2.24) is 19.3 Å². The lowest BCUT2D eigenvalue weighted by atomic mass is 10.0. The summed E-state index contributed by atoms with van der Waals surface area (Å²) in [4.78, 5) is 23.9. The number of hydrogen-bond acceptors (Lipinski definition) is 6. The van der Waals surface area contributed by atoms with Gasteiger partial charge in [0.1, 0.15) is 5.75 Å². The first-order valence-corrected chi connectivity index (χ1v) is 11.2. The summed E-state index contributed by atoms with van der Waals surface area (Å²) >= 11 is 0. The van der Waals surface area contributed by atoms with Crippen LogP contribution >= 0.6 is 0 Å². The molecule has 1 aliphatic heterocycles. The van der Waals surface area contributed by atoms with Gasteiger partial charge in [-0.25, -0.2) is 14.4 Å². The number of halogens is 1. The van der Waals surface area contributed by atoms with Gasteiger partial charge in [0.05, 0.1) is 17.4 Å². The number of para-hydroxylation sites is 1. The SMILES string of the molecule is CC(F)Oc1ccccc1Cn1c2cc(-c3cnc(N4CC(CO)C4)nc3)ccc2c(=O)n1C. The third kappa shape index (κ3) is 4.03. The van der Waals surface area contributed by atoms with Gasteiger partial charge in [-0.1, -0.05) is 24.3 Å². The third-order valence-corrected chi connectivity index (χ3v) is 6.21. The Kier molecular flexibility index (Phi) is 5.79. The molecule has 1 fully saturated rings. The minimum Gasteiger partial charge on any atom is -0.460 e. The third-order valence-electron chi connectivity index (χ3n) is 6.21. The summed E-state index contributed by atoms with van der Waals surface area (Å²) in [6.45, 7) is 3.37. The number of aliphatic hydroxyl groups is 1. The highest BCUT2D eigenvalue weighted by Gasteiger charge is 2.27. The molecule has 1 unspecified atom stereocenters. The first kappa shape index (κ1) is 22.1. The van der Waals surface area contributed by atoms with Crippen molar-refractivity contribution in [3.05, 3.63) is 70.8 Å². The van der Waals surface area contributed by atoms with Gasteiger partial charge in [-0.15, -0.1) is 0 Å². The zero-order valence-corrected chi connectivity index (χ0v) is 19.1. The summed E-state index contributed by atoms with van der Waals surface area (Å²) in [6, 6.07) is 12.9. The average molecular weight is 464 g/mol. The number of benzene rings is 2. The van der Waals surface area contributed by atoms with Gasteiger partial charge in [-0.2, -0.15) is 0 Å². The molecule has 4 aromatic rings. The normalized spacial score (nSPS) is 14.9. The van der Waals surface area contributed by atoms with Gasteiger partial charge in [0.25, 0.3) is 5.56 Å². The van der Waals surface area contributed by atoms with Crippen LogP contribution < -0.4 is 15.2 Å². The Labute approximate surface area is 195 Å².